The van der Waals surface area contributed by atoms with E-state index in [0.717, 1.165) is 5.56 Å². The van der Waals surface area contributed by atoms with Crippen molar-refractivity contribution in [1.82, 2.24) is 4.57 Å². The highest BCUT2D eigenvalue weighted by Gasteiger charge is 2.18. The van der Waals surface area contributed by atoms with Gasteiger partial charge in [-0.05, 0) is 31.0 Å². The van der Waals surface area contributed by atoms with Crippen LogP contribution in [-0.4, -0.2) is 20.6 Å². The highest BCUT2D eigenvalue weighted by molar-refractivity contribution is 5.91. The zero-order chi connectivity index (χ0) is 14.9. The molecule has 2 rings (SSSR count). The van der Waals surface area contributed by atoms with Gasteiger partial charge >= 0.3 is 5.97 Å². The van der Waals surface area contributed by atoms with Crippen LogP contribution in [0.15, 0.2) is 30.5 Å². The Bertz CT molecular complexity index is 671. The summed E-state index contributed by atoms with van der Waals surface area (Å²) in [4.78, 5) is 21.5. The van der Waals surface area contributed by atoms with Crippen molar-refractivity contribution in [3.63, 3.8) is 0 Å². The minimum atomic E-state index is -0.958. The van der Waals surface area contributed by atoms with Gasteiger partial charge in [-0.15, -0.1) is 0 Å². The summed E-state index contributed by atoms with van der Waals surface area (Å²) in [5.74, 6) is -0.958. The predicted molar refractivity (Wildman–Crippen MR) is 73.5 cm³/mol. The third kappa shape index (κ3) is 2.27. The molecule has 0 radical (unpaired) electrons. The smallest absolute Gasteiger partial charge is 0.337 e. The Labute approximate surface area is 115 Å². The molecule has 0 aliphatic carbocycles. The number of nitrogens with zero attached hydrogens (tertiary/aromatic N) is 2. The number of carboxylic acid groups (broad SMARTS) is 1. The molecule has 1 aromatic heterocycles. The number of carbonyl (C=O) groups is 1. The summed E-state index contributed by atoms with van der Waals surface area (Å²) in [5, 5.41) is 19.9. The lowest BCUT2D eigenvalue weighted by atomic mass is 10.1. The Morgan fingerprint density at radius 3 is 2.35 bits per heavy atom. The van der Waals surface area contributed by atoms with E-state index in [4.69, 9.17) is 0 Å². The van der Waals surface area contributed by atoms with Crippen LogP contribution in [0.1, 0.15) is 28.5 Å². The summed E-state index contributed by atoms with van der Waals surface area (Å²) >= 11 is 0. The molecule has 0 aliphatic rings. The maximum Gasteiger partial charge on any atom is 0.337 e. The van der Waals surface area contributed by atoms with Crippen molar-refractivity contribution in [2.24, 2.45) is 0 Å². The average Bonchev–Trinajstić information content (AvgIpc) is 2.75. The first kappa shape index (κ1) is 13.8. The van der Waals surface area contributed by atoms with Crippen LogP contribution in [0.25, 0.3) is 5.69 Å². The fourth-order valence-corrected chi connectivity index (χ4v) is 2.23. The first-order chi connectivity index (χ1) is 9.45. The number of rotatable bonds is 4. The summed E-state index contributed by atoms with van der Waals surface area (Å²) in [6, 6.07) is 6.02. The standard InChI is InChI=1S/C14H14N2O4/c1-3-10-8-15(9(2)13(10)14(17)18)11-4-6-12(7-5-11)16(19)20/h4-8H,3H2,1-2H3,(H,17,18). The van der Waals surface area contributed by atoms with Crippen molar-refractivity contribution < 1.29 is 14.8 Å². The maximum absolute atomic E-state index is 11.3. The van der Waals surface area contributed by atoms with Crippen LogP contribution in [0.2, 0.25) is 0 Å². The fraction of sp³-hybridized carbons (Fsp3) is 0.214. The molecule has 0 aliphatic heterocycles. The van der Waals surface area contributed by atoms with E-state index in [0.29, 0.717) is 23.4 Å². The van der Waals surface area contributed by atoms with Crippen LogP contribution >= 0.6 is 0 Å². The molecule has 2 aromatic rings. The Hall–Kier alpha value is -2.63. The van der Waals surface area contributed by atoms with Gasteiger partial charge in [-0.3, -0.25) is 10.1 Å². The van der Waals surface area contributed by atoms with Crippen molar-refractivity contribution in [2.75, 3.05) is 0 Å². The third-order valence-corrected chi connectivity index (χ3v) is 3.26. The molecule has 0 fully saturated rings. The molecule has 0 bridgehead atoms. The first-order valence-corrected chi connectivity index (χ1v) is 6.14. The summed E-state index contributed by atoms with van der Waals surface area (Å²) < 4.78 is 1.74. The van der Waals surface area contributed by atoms with Gasteiger partial charge in [0.25, 0.3) is 5.69 Å². The molecule has 0 unspecified atom stereocenters. The van der Waals surface area contributed by atoms with Gasteiger partial charge in [0.2, 0.25) is 0 Å². The van der Waals surface area contributed by atoms with Gasteiger partial charge in [0, 0.05) is 29.7 Å². The number of benzene rings is 1. The number of hydrogen-bond donors (Lipinski definition) is 1. The molecule has 0 saturated carbocycles. The number of aryl methyl sites for hydroxylation is 1. The lowest BCUT2D eigenvalue weighted by molar-refractivity contribution is -0.384. The topological polar surface area (TPSA) is 85.4 Å². The van der Waals surface area contributed by atoms with Crippen molar-refractivity contribution in [2.45, 2.75) is 20.3 Å². The number of hydrogen-bond acceptors (Lipinski definition) is 3. The molecule has 6 nitrogen and oxygen atoms in total. The summed E-state index contributed by atoms with van der Waals surface area (Å²) in [7, 11) is 0. The highest BCUT2D eigenvalue weighted by atomic mass is 16.6. The lowest BCUT2D eigenvalue weighted by Gasteiger charge is -2.06. The molecular formula is C14H14N2O4. The van der Waals surface area contributed by atoms with Gasteiger partial charge in [0.15, 0.2) is 0 Å². The maximum atomic E-state index is 11.3. The SMILES string of the molecule is CCc1cn(-c2ccc([N+](=O)[O-])cc2)c(C)c1C(=O)O. The quantitative estimate of drug-likeness (QED) is 0.686. The average molecular weight is 274 g/mol. The van der Waals surface area contributed by atoms with E-state index in [1.807, 2.05) is 6.92 Å². The van der Waals surface area contributed by atoms with Crippen LogP contribution in [-0.2, 0) is 6.42 Å². The van der Waals surface area contributed by atoms with Gasteiger partial charge < -0.3 is 9.67 Å². The second-order valence-electron chi connectivity index (χ2n) is 4.42. The van der Waals surface area contributed by atoms with Crippen LogP contribution in [0.4, 0.5) is 5.69 Å². The Morgan fingerprint density at radius 1 is 1.35 bits per heavy atom. The number of nitro groups is 1. The van der Waals surface area contributed by atoms with Crippen molar-refractivity contribution in [3.8, 4) is 5.69 Å². The Balaban J connectivity index is 2.53. The van der Waals surface area contributed by atoms with E-state index in [-0.39, 0.29) is 5.69 Å². The van der Waals surface area contributed by atoms with Crippen molar-refractivity contribution in [1.29, 1.82) is 0 Å². The predicted octanol–water partition coefficient (Wildman–Crippen LogP) is 2.95. The molecule has 0 amide bonds. The van der Waals surface area contributed by atoms with Gasteiger partial charge in [-0.25, -0.2) is 4.79 Å². The molecule has 104 valence electrons. The molecule has 0 atom stereocenters. The number of nitro benzene ring substituents is 1. The minimum Gasteiger partial charge on any atom is -0.478 e. The number of aromatic nitrogens is 1. The molecule has 1 aromatic carbocycles. The van der Waals surface area contributed by atoms with Crippen LogP contribution in [0.3, 0.4) is 0 Å². The van der Waals surface area contributed by atoms with Gasteiger partial charge in [-0.2, -0.15) is 0 Å². The van der Waals surface area contributed by atoms with E-state index in [9.17, 15) is 20.0 Å². The first-order valence-electron chi connectivity index (χ1n) is 6.14. The van der Waals surface area contributed by atoms with Crippen LogP contribution in [0, 0.1) is 17.0 Å². The second kappa shape index (κ2) is 5.16. The minimum absolute atomic E-state index is 0.00716. The van der Waals surface area contributed by atoms with Gasteiger partial charge in [-0.1, -0.05) is 6.92 Å². The normalized spacial score (nSPS) is 10.5. The van der Waals surface area contributed by atoms with E-state index in [1.54, 1.807) is 29.8 Å². The zero-order valence-corrected chi connectivity index (χ0v) is 11.2. The largest absolute Gasteiger partial charge is 0.478 e. The fourth-order valence-electron chi connectivity index (χ4n) is 2.23. The molecule has 6 heteroatoms. The van der Waals surface area contributed by atoms with Crippen molar-refractivity contribution >= 4 is 11.7 Å². The zero-order valence-electron chi connectivity index (χ0n) is 11.2. The van der Waals surface area contributed by atoms with Gasteiger partial charge in [0.1, 0.15) is 0 Å². The molecule has 1 N–H and O–H groups in total. The number of non-ortho nitro benzene ring substituents is 1. The Kier molecular flexibility index (Phi) is 3.56. The van der Waals surface area contributed by atoms with Crippen LogP contribution in [0.5, 0.6) is 0 Å². The summed E-state index contributed by atoms with van der Waals surface area (Å²) in [6.07, 6.45) is 2.38. The highest BCUT2D eigenvalue weighted by Crippen LogP contribution is 2.23. The molecular weight excluding hydrogens is 260 g/mol. The summed E-state index contributed by atoms with van der Waals surface area (Å²) in [5.41, 5.74) is 2.37. The molecule has 0 saturated heterocycles. The van der Waals surface area contributed by atoms with E-state index < -0.39 is 10.9 Å². The van der Waals surface area contributed by atoms with Crippen LogP contribution < -0.4 is 0 Å². The van der Waals surface area contributed by atoms with E-state index >= 15 is 0 Å². The second-order valence-corrected chi connectivity index (χ2v) is 4.42. The monoisotopic (exact) mass is 274 g/mol. The lowest BCUT2D eigenvalue weighted by Crippen LogP contribution is -2.02. The van der Waals surface area contributed by atoms with E-state index in [2.05, 4.69) is 0 Å². The number of carboxylic acids is 1. The molecule has 0 spiro atoms. The third-order valence-electron chi connectivity index (χ3n) is 3.26. The Morgan fingerprint density at radius 2 is 1.95 bits per heavy atom. The van der Waals surface area contributed by atoms with Gasteiger partial charge in [0.05, 0.1) is 10.5 Å². The number of aromatic carboxylic acids is 1. The summed E-state index contributed by atoms with van der Waals surface area (Å²) in [6.45, 7) is 3.62. The van der Waals surface area contributed by atoms with Crippen molar-refractivity contribution in [3.05, 3.63) is 57.4 Å². The van der Waals surface area contributed by atoms with E-state index in [1.165, 1.54) is 12.1 Å². The molecule has 20 heavy (non-hydrogen) atoms. The molecule has 1 heterocycles.